The number of ketones is 3. The van der Waals surface area contributed by atoms with Gasteiger partial charge in [0, 0.05) is 17.4 Å². The number of rotatable bonds is 3. The van der Waals surface area contributed by atoms with E-state index in [9.17, 15) is 69.2 Å². The molecule has 16 heteroatoms. The maximum atomic E-state index is 11.3. The van der Waals surface area contributed by atoms with Crippen molar-refractivity contribution in [3.8, 4) is 0 Å². The summed E-state index contributed by atoms with van der Waals surface area (Å²) >= 11 is 0. The number of carbonyl (C=O) groups excluding carboxylic acids is 3. The molecule has 31 heavy (non-hydrogen) atoms. The zero-order valence-corrected chi connectivity index (χ0v) is 16.8. The van der Waals surface area contributed by atoms with Gasteiger partial charge in [0.25, 0.3) is 0 Å². The van der Waals surface area contributed by atoms with E-state index in [1.54, 1.807) is 0 Å². The SMILES string of the molecule is CC(=O)C=C([O-])C(F)(F)F.CC(=O)C=C([O-])C(F)(F)F.CC(=O)C=C([O-])C(F)(F)F.[Al]. The minimum atomic E-state index is -4.92. The van der Waals surface area contributed by atoms with Crippen LogP contribution in [0.2, 0.25) is 0 Å². The Morgan fingerprint density at radius 1 is 0.516 bits per heavy atom. The van der Waals surface area contributed by atoms with Gasteiger partial charge in [-0.05, 0) is 56.3 Å². The minimum absolute atomic E-state index is 0. The number of alkyl halides is 9. The van der Waals surface area contributed by atoms with E-state index in [2.05, 4.69) is 0 Å². The van der Waals surface area contributed by atoms with Crippen LogP contribution in [0.3, 0.4) is 0 Å². The van der Waals surface area contributed by atoms with E-state index in [1.165, 1.54) is 0 Å². The van der Waals surface area contributed by atoms with E-state index in [1.807, 2.05) is 0 Å². The summed E-state index contributed by atoms with van der Waals surface area (Å²) in [5.74, 6) is -9.04. The second-order valence-corrected chi connectivity index (χ2v) is 4.85. The average molecular weight is 486 g/mol. The molecule has 0 aliphatic heterocycles. The van der Waals surface area contributed by atoms with Crippen molar-refractivity contribution in [2.24, 2.45) is 0 Å². The third-order valence-electron chi connectivity index (χ3n) is 1.84. The van der Waals surface area contributed by atoms with Crippen molar-refractivity contribution < 1.29 is 69.2 Å². The van der Waals surface area contributed by atoms with Crippen molar-refractivity contribution in [2.45, 2.75) is 39.3 Å². The number of hydrogen-bond acceptors (Lipinski definition) is 6. The predicted octanol–water partition coefficient (Wildman–Crippen LogP) is 0.765. The molecule has 0 N–H and O–H groups in total. The third-order valence-corrected chi connectivity index (χ3v) is 1.84. The van der Waals surface area contributed by atoms with Gasteiger partial charge in [-0.25, -0.2) is 0 Å². The Kier molecular flexibility index (Phi) is 16.8. The van der Waals surface area contributed by atoms with Gasteiger partial charge in [-0.15, -0.1) is 0 Å². The van der Waals surface area contributed by atoms with Gasteiger partial charge in [0.05, 0.1) is 0 Å². The molecule has 0 saturated heterocycles. The molecule has 0 aromatic rings. The van der Waals surface area contributed by atoms with Crippen molar-refractivity contribution >= 4 is 34.7 Å². The van der Waals surface area contributed by atoms with Crippen molar-refractivity contribution in [2.75, 3.05) is 0 Å². The average Bonchev–Trinajstić information content (AvgIpc) is 2.43. The number of carbonyl (C=O) groups is 3. The summed E-state index contributed by atoms with van der Waals surface area (Å²) in [5, 5.41) is 29.6. The molecular formula is C15H12AlF9O6-3. The maximum Gasteiger partial charge on any atom is 0.402 e. The summed E-state index contributed by atoms with van der Waals surface area (Å²) in [4.78, 5) is 29.8. The van der Waals surface area contributed by atoms with E-state index >= 15 is 0 Å². The molecule has 0 bridgehead atoms. The molecular weight excluding hydrogens is 474 g/mol. The van der Waals surface area contributed by atoms with Crippen LogP contribution in [0.25, 0.3) is 0 Å². The van der Waals surface area contributed by atoms with Crippen molar-refractivity contribution in [3.05, 3.63) is 35.5 Å². The van der Waals surface area contributed by atoms with Crippen molar-refractivity contribution in [3.63, 3.8) is 0 Å². The van der Waals surface area contributed by atoms with Gasteiger partial charge in [0.1, 0.15) is 0 Å². The molecule has 0 unspecified atom stereocenters. The normalized spacial score (nSPS) is 13.0. The predicted molar refractivity (Wildman–Crippen MR) is 80.2 cm³/mol. The van der Waals surface area contributed by atoms with Gasteiger partial charge >= 0.3 is 18.5 Å². The lowest BCUT2D eigenvalue weighted by Gasteiger charge is -2.14. The molecule has 0 heterocycles. The fourth-order valence-electron chi connectivity index (χ4n) is 0.799. The second-order valence-electron chi connectivity index (χ2n) is 4.85. The third kappa shape index (κ3) is 23.7. The largest absolute Gasteiger partial charge is 0.869 e. The second kappa shape index (κ2) is 14.5. The summed E-state index contributed by atoms with van der Waals surface area (Å²) < 4.78 is 101. The van der Waals surface area contributed by atoms with Gasteiger partial charge in [-0.1, -0.05) is 0 Å². The summed E-state index contributed by atoms with van der Waals surface area (Å²) in [7, 11) is 0. The van der Waals surface area contributed by atoms with Crippen LogP contribution in [0.5, 0.6) is 0 Å². The molecule has 0 atom stereocenters. The number of allylic oxidation sites excluding steroid dienone is 6. The minimum Gasteiger partial charge on any atom is -0.869 e. The van der Waals surface area contributed by atoms with Crippen LogP contribution in [0.4, 0.5) is 39.5 Å². The van der Waals surface area contributed by atoms with Gasteiger partial charge < -0.3 is 15.3 Å². The Morgan fingerprint density at radius 3 is 0.677 bits per heavy atom. The lowest BCUT2D eigenvalue weighted by Crippen LogP contribution is -2.23. The van der Waals surface area contributed by atoms with E-state index in [-0.39, 0.29) is 35.6 Å². The first-order valence-electron chi connectivity index (χ1n) is 6.91. The Balaban J connectivity index is -0.000000174. The lowest BCUT2D eigenvalue weighted by atomic mass is 10.3. The Labute approximate surface area is 179 Å². The van der Waals surface area contributed by atoms with Gasteiger partial charge in [0.2, 0.25) is 0 Å². The van der Waals surface area contributed by atoms with E-state index in [0.29, 0.717) is 0 Å². The molecule has 0 aliphatic carbocycles. The molecule has 6 nitrogen and oxygen atoms in total. The van der Waals surface area contributed by atoms with Crippen LogP contribution >= 0.6 is 0 Å². The van der Waals surface area contributed by atoms with Crippen LogP contribution in [0.1, 0.15) is 20.8 Å². The van der Waals surface area contributed by atoms with Crippen molar-refractivity contribution in [1.82, 2.24) is 0 Å². The fourth-order valence-corrected chi connectivity index (χ4v) is 0.799. The summed E-state index contributed by atoms with van der Waals surface area (Å²) in [6, 6.07) is 0. The Bertz CT molecular complexity index is 606. The highest BCUT2D eigenvalue weighted by molar-refractivity contribution is 5.88. The molecule has 0 saturated carbocycles. The zero-order valence-electron chi connectivity index (χ0n) is 15.7. The smallest absolute Gasteiger partial charge is 0.402 e. The summed E-state index contributed by atoms with van der Waals surface area (Å²) in [5.41, 5.74) is 0. The Hall–Kier alpha value is -2.47. The highest BCUT2D eigenvalue weighted by atomic mass is 27.0. The number of hydrogen-bond donors (Lipinski definition) is 0. The summed E-state index contributed by atoms with van der Waals surface area (Å²) in [6.45, 7) is 2.64. The van der Waals surface area contributed by atoms with E-state index in [0.717, 1.165) is 20.8 Å². The first-order chi connectivity index (χ1) is 13.0. The quantitative estimate of drug-likeness (QED) is 0.252. The Morgan fingerprint density at radius 2 is 0.645 bits per heavy atom. The highest BCUT2D eigenvalue weighted by Gasteiger charge is 2.27. The highest BCUT2D eigenvalue weighted by Crippen LogP contribution is 2.21. The zero-order chi connectivity index (χ0) is 25.1. The molecule has 0 rings (SSSR count). The molecule has 3 radical (unpaired) electrons. The van der Waals surface area contributed by atoms with E-state index in [4.69, 9.17) is 0 Å². The molecule has 0 amide bonds. The number of halogens is 9. The van der Waals surface area contributed by atoms with Gasteiger partial charge in [0.15, 0.2) is 17.3 Å². The lowest BCUT2D eigenvalue weighted by molar-refractivity contribution is -0.360. The fraction of sp³-hybridized carbons (Fsp3) is 0.400. The molecule has 177 valence electrons. The van der Waals surface area contributed by atoms with Crippen LogP contribution in [0.15, 0.2) is 35.5 Å². The molecule has 0 spiro atoms. The molecule has 0 fully saturated rings. The molecule has 0 aromatic carbocycles. The molecule has 0 aliphatic rings. The van der Waals surface area contributed by atoms with Crippen LogP contribution < -0.4 is 15.3 Å². The van der Waals surface area contributed by atoms with Crippen molar-refractivity contribution in [1.29, 1.82) is 0 Å². The van der Waals surface area contributed by atoms with Crippen LogP contribution in [-0.2, 0) is 14.4 Å². The van der Waals surface area contributed by atoms with Gasteiger partial charge in [-0.3, -0.25) is 14.4 Å². The van der Waals surface area contributed by atoms with Gasteiger partial charge in [-0.2, -0.15) is 39.5 Å². The first kappa shape index (κ1) is 35.9. The topological polar surface area (TPSA) is 120 Å². The van der Waals surface area contributed by atoms with E-state index < -0.39 is 53.2 Å². The molecule has 0 aromatic heterocycles. The van der Waals surface area contributed by atoms with Crippen LogP contribution in [0, 0.1) is 0 Å². The first-order valence-corrected chi connectivity index (χ1v) is 6.91. The maximum absolute atomic E-state index is 11.3. The monoisotopic (exact) mass is 486 g/mol. The van der Waals surface area contributed by atoms with Crippen LogP contribution in [-0.4, -0.2) is 53.2 Å². The summed E-state index contributed by atoms with van der Waals surface area (Å²) in [6.07, 6.45) is -14.7. The standard InChI is InChI=1S/3C5H5F3O2.Al/c3*1-3(9)2-4(10)5(6,7)8;/h3*2,10H,1H3;/p-3.